The van der Waals surface area contributed by atoms with Crippen LogP contribution >= 0.6 is 0 Å². The van der Waals surface area contributed by atoms with Crippen molar-refractivity contribution in [1.82, 2.24) is 0 Å². The second-order valence-corrected chi connectivity index (χ2v) is 9.93. The molecular weight excluding hydrogens is 288 g/mol. The Morgan fingerprint density at radius 2 is 1.52 bits per heavy atom. The molecule has 3 heteroatoms. The van der Waals surface area contributed by atoms with E-state index in [0.717, 1.165) is 44.9 Å². The van der Waals surface area contributed by atoms with Crippen LogP contribution in [-0.4, -0.2) is 33.6 Å². The Balaban J connectivity index is 1.68. The molecule has 0 radical (unpaired) electrons. The molecule has 10 atom stereocenters. The van der Waals surface area contributed by atoms with Gasteiger partial charge in [-0.25, -0.2) is 0 Å². The summed E-state index contributed by atoms with van der Waals surface area (Å²) in [6, 6.07) is 0. The molecule has 4 aliphatic rings. The molecule has 132 valence electrons. The predicted molar refractivity (Wildman–Crippen MR) is 89.7 cm³/mol. The fourth-order valence-electron chi connectivity index (χ4n) is 7.54. The highest BCUT2D eigenvalue weighted by Crippen LogP contribution is 2.66. The van der Waals surface area contributed by atoms with Crippen molar-refractivity contribution in [2.75, 3.05) is 0 Å². The Hall–Kier alpha value is -0.120. The summed E-state index contributed by atoms with van der Waals surface area (Å²) in [4.78, 5) is 0. The topological polar surface area (TPSA) is 60.7 Å². The van der Waals surface area contributed by atoms with Gasteiger partial charge in [0.25, 0.3) is 0 Å². The van der Waals surface area contributed by atoms with E-state index in [9.17, 15) is 15.3 Å². The van der Waals surface area contributed by atoms with Gasteiger partial charge in [-0.15, -0.1) is 0 Å². The minimum atomic E-state index is -0.245. The summed E-state index contributed by atoms with van der Waals surface area (Å²) in [7, 11) is 0. The first-order valence-electron chi connectivity index (χ1n) is 9.81. The number of aliphatic hydroxyl groups is 3. The van der Waals surface area contributed by atoms with Gasteiger partial charge in [-0.05, 0) is 85.4 Å². The lowest BCUT2D eigenvalue weighted by Crippen LogP contribution is -2.58. The first kappa shape index (κ1) is 16.4. The summed E-state index contributed by atoms with van der Waals surface area (Å²) in [5.74, 6) is 2.21. The third kappa shape index (κ3) is 2.12. The van der Waals surface area contributed by atoms with Crippen LogP contribution in [0.2, 0.25) is 0 Å². The number of fused-ring (bicyclic) bond motifs is 5. The number of hydrogen-bond donors (Lipinski definition) is 3. The average Bonchev–Trinajstić information content (AvgIpc) is 2.73. The van der Waals surface area contributed by atoms with Gasteiger partial charge in [0.15, 0.2) is 0 Å². The van der Waals surface area contributed by atoms with E-state index in [1.165, 1.54) is 0 Å². The Kier molecular flexibility index (Phi) is 3.69. The molecule has 0 spiro atoms. The maximum atomic E-state index is 11.0. The molecule has 0 aromatic rings. The molecule has 4 fully saturated rings. The van der Waals surface area contributed by atoms with Crippen molar-refractivity contribution in [2.45, 2.75) is 84.0 Å². The zero-order valence-electron chi connectivity index (χ0n) is 14.9. The molecular formula is C20H34O3. The van der Waals surface area contributed by atoms with E-state index >= 15 is 0 Å². The van der Waals surface area contributed by atoms with E-state index in [0.29, 0.717) is 29.6 Å². The highest BCUT2D eigenvalue weighted by atomic mass is 16.3. The van der Waals surface area contributed by atoms with Crippen molar-refractivity contribution in [3.05, 3.63) is 0 Å². The summed E-state index contributed by atoms with van der Waals surface area (Å²) < 4.78 is 0. The van der Waals surface area contributed by atoms with Gasteiger partial charge >= 0.3 is 0 Å². The predicted octanol–water partition coefficient (Wildman–Crippen LogP) is 2.97. The molecule has 3 unspecified atom stereocenters. The maximum absolute atomic E-state index is 11.0. The first-order valence-corrected chi connectivity index (χ1v) is 9.81. The Morgan fingerprint density at radius 3 is 2.26 bits per heavy atom. The molecule has 4 aliphatic carbocycles. The van der Waals surface area contributed by atoms with Gasteiger partial charge in [0.1, 0.15) is 0 Å². The average molecular weight is 322 g/mol. The minimum absolute atomic E-state index is 0.00105. The normalized spacial score (nSPS) is 62.3. The summed E-state index contributed by atoms with van der Waals surface area (Å²) in [5, 5.41) is 31.9. The Labute approximate surface area is 140 Å². The van der Waals surface area contributed by atoms with Gasteiger partial charge < -0.3 is 15.3 Å². The molecule has 0 aromatic carbocycles. The zero-order chi connectivity index (χ0) is 16.6. The highest BCUT2D eigenvalue weighted by molar-refractivity contribution is 5.12. The van der Waals surface area contributed by atoms with E-state index in [2.05, 4.69) is 20.8 Å². The molecule has 23 heavy (non-hydrogen) atoms. The summed E-state index contributed by atoms with van der Waals surface area (Å²) >= 11 is 0. The van der Waals surface area contributed by atoms with Gasteiger partial charge in [0.2, 0.25) is 0 Å². The summed E-state index contributed by atoms with van der Waals surface area (Å²) in [5.41, 5.74) is 0.278. The van der Waals surface area contributed by atoms with Crippen LogP contribution in [0.5, 0.6) is 0 Å². The Bertz CT molecular complexity index is 480. The molecule has 4 saturated carbocycles. The number of rotatable bonds is 0. The fourth-order valence-corrected chi connectivity index (χ4v) is 7.54. The van der Waals surface area contributed by atoms with Crippen LogP contribution in [-0.2, 0) is 0 Å². The van der Waals surface area contributed by atoms with E-state index in [4.69, 9.17) is 0 Å². The van der Waals surface area contributed by atoms with Crippen molar-refractivity contribution in [2.24, 2.45) is 40.4 Å². The Morgan fingerprint density at radius 1 is 0.826 bits per heavy atom. The van der Waals surface area contributed by atoms with Crippen LogP contribution in [0.25, 0.3) is 0 Å². The summed E-state index contributed by atoms with van der Waals surface area (Å²) in [6.07, 6.45) is 6.44. The summed E-state index contributed by atoms with van der Waals surface area (Å²) in [6.45, 7) is 6.89. The van der Waals surface area contributed by atoms with Crippen LogP contribution in [0.4, 0.5) is 0 Å². The second kappa shape index (κ2) is 5.19. The third-order valence-corrected chi connectivity index (χ3v) is 8.93. The molecule has 0 bridgehead atoms. The molecule has 3 nitrogen and oxygen atoms in total. The van der Waals surface area contributed by atoms with E-state index < -0.39 is 0 Å². The van der Waals surface area contributed by atoms with Gasteiger partial charge in [-0.2, -0.15) is 0 Å². The van der Waals surface area contributed by atoms with Crippen molar-refractivity contribution >= 4 is 0 Å². The van der Waals surface area contributed by atoms with Gasteiger partial charge in [0.05, 0.1) is 18.3 Å². The van der Waals surface area contributed by atoms with Gasteiger partial charge in [-0.3, -0.25) is 0 Å². The van der Waals surface area contributed by atoms with Crippen LogP contribution in [0.3, 0.4) is 0 Å². The molecule has 4 rings (SSSR count). The smallest absolute Gasteiger partial charge is 0.0622 e. The van der Waals surface area contributed by atoms with Gasteiger partial charge in [0, 0.05) is 0 Å². The highest BCUT2D eigenvalue weighted by Gasteiger charge is 2.63. The molecule has 3 N–H and O–H groups in total. The van der Waals surface area contributed by atoms with Crippen LogP contribution < -0.4 is 0 Å². The maximum Gasteiger partial charge on any atom is 0.0622 e. The molecule has 0 aromatic heterocycles. The van der Waals surface area contributed by atoms with Crippen LogP contribution in [0.15, 0.2) is 0 Å². The molecule has 0 saturated heterocycles. The quantitative estimate of drug-likeness (QED) is 0.642. The minimum Gasteiger partial charge on any atom is -0.393 e. The van der Waals surface area contributed by atoms with Crippen molar-refractivity contribution in [1.29, 1.82) is 0 Å². The van der Waals surface area contributed by atoms with E-state index in [-0.39, 0.29) is 29.1 Å². The lowest BCUT2D eigenvalue weighted by Gasteiger charge is -2.61. The largest absolute Gasteiger partial charge is 0.393 e. The van der Waals surface area contributed by atoms with Gasteiger partial charge in [-0.1, -0.05) is 20.8 Å². The number of hydrogen-bond acceptors (Lipinski definition) is 3. The lowest BCUT2D eigenvalue weighted by molar-refractivity contribution is -0.177. The standard InChI is InChI=1S/C20H34O3/c1-11-8-15-17-14(5-7-20(15,3)18(11)23)19(2)6-4-13(21)9-12(19)10-16(17)22/h11-18,21-23H,4-10H2,1-3H3/t11-,12-,13+,14?,15?,16+,17?,18-,19-,20-/m0/s1. The zero-order valence-corrected chi connectivity index (χ0v) is 14.9. The first-order chi connectivity index (χ1) is 10.8. The van der Waals surface area contributed by atoms with E-state index in [1.807, 2.05) is 0 Å². The second-order valence-electron chi connectivity index (χ2n) is 9.93. The SMILES string of the molecule is C[C@H]1CC2C3C(CC[C@]2(C)[C@H]1O)[C@@]1(C)CC[C@@H](O)C[C@H]1C[C@H]3O. The van der Waals surface area contributed by atoms with Crippen LogP contribution in [0.1, 0.15) is 65.7 Å². The molecule has 0 aliphatic heterocycles. The number of aliphatic hydroxyl groups excluding tert-OH is 3. The van der Waals surface area contributed by atoms with Crippen molar-refractivity contribution < 1.29 is 15.3 Å². The lowest BCUT2D eigenvalue weighted by atomic mass is 9.44. The monoisotopic (exact) mass is 322 g/mol. The van der Waals surface area contributed by atoms with Crippen molar-refractivity contribution in [3.8, 4) is 0 Å². The molecule has 0 amide bonds. The van der Waals surface area contributed by atoms with Crippen LogP contribution in [0, 0.1) is 40.4 Å². The van der Waals surface area contributed by atoms with E-state index in [1.54, 1.807) is 0 Å². The fraction of sp³-hybridized carbons (Fsp3) is 1.00. The van der Waals surface area contributed by atoms with Crippen molar-refractivity contribution in [3.63, 3.8) is 0 Å². The molecule has 0 heterocycles. The third-order valence-electron chi connectivity index (χ3n) is 8.93.